The van der Waals surface area contributed by atoms with Crippen molar-refractivity contribution < 1.29 is 28.7 Å². The molecule has 1 radical (unpaired) electrons. The molecule has 21 nitrogen and oxygen atoms in total. The van der Waals surface area contributed by atoms with Crippen molar-refractivity contribution in [3.63, 3.8) is 0 Å². The zero-order valence-corrected chi connectivity index (χ0v) is 49.1. The molecule has 2 aromatic carbocycles. The Bertz CT molecular complexity index is 3430. The normalized spacial score (nSPS) is 11.5. The first-order chi connectivity index (χ1) is 37.1. The van der Waals surface area contributed by atoms with E-state index in [-0.39, 0.29) is 38.8 Å². The molecule has 0 saturated heterocycles. The van der Waals surface area contributed by atoms with Gasteiger partial charge in [0.15, 0.2) is 0 Å². The van der Waals surface area contributed by atoms with E-state index in [0.29, 0.717) is 74.2 Å². The molecule has 0 spiro atoms. The molecule has 417 valence electrons. The number of hydrogen-bond acceptors (Lipinski definition) is 16. The molecule has 0 saturated carbocycles. The van der Waals surface area contributed by atoms with E-state index in [1.807, 2.05) is 39.6 Å². The molecule has 26 heteroatoms. The van der Waals surface area contributed by atoms with E-state index in [0.717, 1.165) is 22.3 Å². The molecule has 6 heterocycles. The molecule has 0 aliphatic carbocycles. The van der Waals surface area contributed by atoms with Gasteiger partial charge in [-0.1, -0.05) is 48.6 Å². The van der Waals surface area contributed by atoms with Crippen molar-refractivity contribution in [3.05, 3.63) is 157 Å². The molecule has 2 atom stereocenters. The van der Waals surface area contributed by atoms with E-state index in [1.165, 1.54) is 12.7 Å². The summed E-state index contributed by atoms with van der Waals surface area (Å²) in [4.78, 5) is 75.4. The zero-order chi connectivity index (χ0) is 56.7. The topological polar surface area (TPSA) is 286 Å². The second kappa shape index (κ2) is 29.2. The molecule has 0 fully saturated rings. The van der Waals surface area contributed by atoms with Crippen LogP contribution >= 0.6 is 55.7 Å². The zero-order valence-electron chi connectivity index (χ0n) is 44.6. The fraction of sp³-hybridized carbons (Fsp3) is 0.222. The Labute approximate surface area is 492 Å². The second-order valence-electron chi connectivity index (χ2n) is 19.0. The SMILES string of the molecule is C=C[C@@H](Cn1c(Br)c(-c2ccc(C(=O)Nc3ccccn3)cc2)c2c(N)ncnc21)NC(=O)OC(C)(C)C.C=C[C@@H](Cn1cc(-c2ccc(C(=O)Nc3ccccn3)cc2)c2c(N)ncnc21)NC(=O)OC(C)(C)C.S.S.[B]=NS. The van der Waals surface area contributed by atoms with Crippen LogP contribution in [0.4, 0.5) is 32.9 Å². The van der Waals surface area contributed by atoms with Gasteiger partial charge >= 0.3 is 36.9 Å². The van der Waals surface area contributed by atoms with Crippen molar-refractivity contribution in [2.24, 2.45) is 4.30 Å². The van der Waals surface area contributed by atoms with Gasteiger partial charge in [0.1, 0.15) is 58.4 Å². The Morgan fingerprint density at radius 1 is 0.675 bits per heavy atom. The van der Waals surface area contributed by atoms with Gasteiger partial charge in [0.2, 0.25) is 0 Å². The number of hydrogen-bond donors (Lipinski definition) is 7. The van der Waals surface area contributed by atoms with Gasteiger partial charge in [0.05, 0.1) is 27.5 Å². The first-order valence-electron chi connectivity index (χ1n) is 23.9. The van der Waals surface area contributed by atoms with Gasteiger partial charge in [-0.2, -0.15) is 27.0 Å². The van der Waals surface area contributed by atoms with Crippen LogP contribution in [0.2, 0.25) is 0 Å². The summed E-state index contributed by atoms with van der Waals surface area (Å²) >= 11 is 6.90. The number of alkyl carbamates (subject to hydrolysis) is 2. The van der Waals surface area contributed by atoms with Crippen LogP contribution in [0.15, 0.2) is 150 Å². The molecular formula is C54H62BBrN15O6S3. The van der Waals surface area contributed by atoms with Crippen LogP contribution in [0.25, 0.3) is 44.3 Å². The standard InChI is InChI=1S/C27H28BrN7O3.C27H29N7O3.BHNS.2H2S/c1-5-18(33-26(37)38-27(2,3)4)14-35-22(28)20(21-23(29)31-15-32-24(21)35)16-9-11-17(12-10-16)25(36)34-19-8-6-7-13-30-19;1-5-19(32-26(36)37-27(2,3)4)14-34-15-20(22-23(28)30-16-31-24(22)34)17-9-11-18(12-10-17)25(35)33-21-8-6-7-13-29-21;1-2-3;;/h5-13,15,18H,1,14H2,2-4H3,(H,33,37)(H2,29,31,32)(H,30,34,36);5-13,15-16,19H,1,14H2,2-4H3,(H,32,36)(H2,28,30,31)(H,29,33,35);3H;2*1H2/t18-;19-;;;/m00.../s1. The third-order valence-corrected chi connectivity index (χ3v) is 11.8. The molecule has 6 aromatic heterocycles. The summed E-state index contributed by atoms with van der Waals surface area (Å²) in [6.45, 7) is 19.1. The summed E-state index contributed by atoms with van der Waals surface area (Å²) in [7, 11) is 4.34. The third kappa shape index (κ3) is 17.5. The maximum absolute atomic E-state index is 12.7. The fourth-order valence-electron chi connectivity index (χ4n) is 7.62. The number of carbonyl (C=O) groups excluding carboxylic acids is 4. The number of amides is 4. The quantitative estimate of drug-likeness (QED) is 0.0303. The van der Waals surface area contributed by atoms with Crippen LogP contribution < -0.4 is 32.7 Å². The van der Waals surface area contributed by atoms with Crippen molar-refractivity contribution in [2.75, 3.05) is 22.1 Å². The molecule has 0 bridgehead atoms. The number of aromatic nitrogens is 8. The van der Waals surface area contributed by atoms with Crippen molar-refractivity contribution >= 4 is 133 Å². The van der Waals surface area contributed by atoms with Crippen molar-refractivity contribution in [2.45, 2.75) is 77.9 Å². The minimum absolute atomic E-state index is 0. The van der Waals surface area contributed by atoms with Gasteiger partial charge in [-0.25, -0.2) is 39.5 Å². The molecule has 0 aliphatic rings. The number of thiol groups is 1. The number of nitrogen functional groups attached to an aromatic ring is 2. The van der Waals surface area contributed by atoms with E-state index >= 15 is 0 Å². The number of anilines is 4. The average molecular weight is 1200 g/mol. The first-order valence-corrected chi connectivity index (χ1v) is 25.1. The summed E-state index contributed by atoms with van der Waals surface area (Å²) in [6.07, 6.45) is 10.1. The van der Waals surface area contributed by atoms with Crippen molar-refractivity contribution in [3.8, 4) is 22.3 Å². The number of ether oxygens (including phenoxy) is 2. The number of benzene rings is 2. The molecule has 0 unspecified atom stereocenters. The fourth-order valence-corrected chi connectivity index (χ4v) is 8.36. The molecule has 0 aliphatic heterocycles. The molecule has 80 heavy (non-hydrogen) atoms. The number of nitrogens with two attached hydrogens (primary N) is 2. The van der Waals surface area contributed by atoms with E-state index in [9.17, 15) is 19.2 Å². The number of pyridine rings is 2. The summed E-state index contributed by atoms with van der Waals surface area (Å²) < 4.78 is 17.9. The van der Waals surface area contributed by atoms with Gasteiger partial charge in [0, 0.05) is 53.9 Å². The number of carbonyl (C=O) groups is 4. The number of nitrogens with zero attached hydrogens (tertiary/aromatic N) is 9. The molecule has 4 amide bonds. The van der Waals surface area contributed by atoms with Gasteiger partial charge in [-0.05, 0) is 117 Å². The summed E-state index contributed by atoms with van der Waals surface area (Å²) in [5, 5.41) is 12.5. The van der Waals surface area contributed by atoms with Gasteiger partial charge in [0.25, 0.3) is 11.8 Å². The maximum atomic E-state index is 12.7. The summed E-state index contributed by atoms with van der Waals surface area (Å²) in [6, 6.07) is 23.9. The van der Waals surface area contributed by atoms with E-state index < -0.39 is 35.5 Å². The first kappa shape index (κ1) is 64.5. The average Bonchev–Trinajstić information content (AvgIpc) is 3.96. The molecule has 8 aromatic rings. The number of fused-ring (bicyclic) bond motifs is 2. The van der Waals surface area contributed by atoms with Crippen LogP contribution in [-0.4, -0.2) is 94.0 Å². The number of rotatable bonds is 14. The number of halogens is 1. The summed E-state index contributed by atoms with van der Waals surface area (Å²) in [5.41, 5.74) is 16.6. The minimum atomic E-state index is -0.633. The van der Waals surface area contributed by atoms with Crippen LogP contribution in [0.1, 0.15) is 62.3 Å². The van der Waals surface area contributed by atoms with E-state index in [1.54, 1.807) is 127 Å². The Morgan fingerprint density at radius 2 is 1.11 bits per heavy atom. The Balaban J connectivity index is 0.000000321. The summed E-state index contributed by atoms with van der Waals surface area (Å²) in [5.74, 6) is 1.03. The van der Waals surface area contributed by atoms with Crippen LogP contribution in [-0.2, 0) is 22.6 Å². The Kier molecular flexibility index (Phi) is 23.6. The monoisotopic (exact) mass is 1200 g/mol. The van der Waals surface area contributed by atoms with Gasteiger partial charge in [-0.15, -0.1) is 13.2 Å². The Hall–Kier alpha value is -8.07. The van der Waals surface area contributed by atoms with E-state index in [2.05, 4.69) is 105 Å². The Morgan fingerprint density at radius 3 is 1.55 bits per heavy atom. The van der Waals surface area contributed by atoms with Gasteiger partial charge in [-0.3, -0.25) is 9.59 Å². The molecule has 8 rings (SSSR count). The second-order valence-corrected chi connectivity index (χ2v) is 20.0. The van der Waals surface area contributed by atoms with Crippen LogP contribution in [0, 0.1) is 0 Å². The van der Waals surface area contributed by atoms with Crippen molar-refractivity contribution in [1.82, 2.24) is 49.7 Å². The number of nitrogens with one attached hydrogen (secondary N) is 4. The van der Waals surface area contributed by atoms with E-state index in [4.69, 9.17) is 20.9 Å². The van der Waals surface area contributed by atoms with Crippen LogP contribution in [0.3, 0.4) is 0 Å². The van der Waals surface area contributed by atoms with Crippen LogP contribution in [0.5, 0.6) is 0 Å². The van der Waals surface area contributed by atoms with Crippen molar-refractivity contribution in [1.29, 1.82) is 0 Å². The van der Waals surface area contributed by atoms with Gasteiger partial charge < -0.3 is 51.3 Å². The predicted octanol–water partition coefficient (Wildman–Crippen LogP) is 9.99. The predicted molar refractivity (Wildman–Crippen MR) is 331 cm³/mol. The molecule has 8 N–H and O–H groups in total. The molecular weight excluding hydrogens is 1140 g/mol. The third-order valence-electron chi connectivity index (χ3n) is 10.9.